The molecule has 2 heterocycles. The second-order valence-corrected chi connectivity index (χ2v) is 4.32. The predicted octanol–water partition coefficient (Wildman–Crippen LogP) is 1.33. The van der Waals surface area contributed by atoms with Gasteiger partial charge in [-0.1, -0.05) is 0 Å². The Balaban J connectivity index is 1.99. The summed E-state index contributed by atoms with van der Waals surface area (Å²) in [5.41, 5.74) is 7.00. The molecule has 1 aromatic heterocycles. The van der Waals surface area contributed by atoms with Crippen molar-refractivity contribution in [3.05, 3.63) is 18.2 Å². The quantitative estimate of drug-likeness (QED) is 0.817. The van der Waals surface area contributed by atoms with Crippen molar-refractivity contribution in [3.8, 4) is 0 Å². The third-order valence-corrected chi connectivity index (χ3v) is 3.01. The van der Waals surface area contributed by atoms with Crippen LogP contribution in [0.2, 0.25) is 0 Å². The Morgan fingerprint density at radius 3 is 3.00 bits per heavy atom. The van der Waals surface area contributed by atoms with Crippen LogP contribution in [0.3, 0.4) is 0 Å². The predicted molar refractivity (Wildman–Crippen MR) is 58.4 cm³/mol. The normalized spacial score (nSPS) is 20.4. The van der Waals surface area contributed by atoms with Gasteiger partial charge in [-0.3, -0.25) is 0 Å². The van der Waals surface area contributed by atoms with Crippen molar-refractivity contribution in [1.29, 1.82) is 0 Å². The molecular weight excluding hydrogens is 190 g/mol. The van der Waals surface area contributed by atoms with Crippen LogP contribution in [0.25, 0.3) is 0 Å². The van der Waals surface area contributed by atoms with Gasteiger partial charge in [-0.25, -0.2) is 4.98 Å². The maximum atomic E-state index is 5.88. The summed E-state index contributed by atoms with van der Waals surface area (Å²) in [6.45, 7) is 4.82. The van der Waals surface area contributed by atoms with Gasteiger partial charge in [0.2, 0.25) is 0 Å². The van der Waals surface area contributed by atoms with Gasteiger partial charge in [0.05, 0.1) is 12.0 Å². The third-order valence-electron chi connectivity index (χ3n) is 3.01. The highest BCUT2D eigenvalue weighted by molar-refractivity contribution is 5.03. The SMILES string of the molecule is CC(N)c1cncn1CC1CCOCC1. The van der Waals surface area contributed by atoms with E-state index in [2.05, 4.69) is 9.55 Å². The molecule has 0 spiro atoms. The lowest BCUT2D eigenvalue weighted by Crippen LogP contribution is -2.22. The van der Waals surface area contributed by atoms with E-state index in [0.29, 0.717) is 5.92 Å². The molecule has 2 N–H and O–H groups in total. The number of hydrogen-bond acceptors (Lipinski definition) is 3. The van der Waals surface area contributed by atoms with Gasteiger partial charge < -0.3 is 15.0 Å². The van der Waals surface area contributed by atoms with E-state index in [-0.39, 0.29) is 6.04 Å². The number of hydrogen-bond donors (Lipinski definition) is 1. The topological polar surface area (TPSA) is 53.1 Å². The van der Waals surface area contributed by atoms with Crippen molar-refractivity contribution >= 4 is 0 Å². The number of imidazole rings is 1. The van der Waals surface area contributed by atoms with Crippen LogP contribution in [0.4, 0.5) is 0 Å². The lowest BCUT2D eigenvalue weighted by Gasteiger charge is -2.23. The Labute approximate surface area is 90.4 Å². The van der Waals surface area contributed by atoms with Crippen molar-refractivity contribution in [2.24, 2.45) is 11.7 Å². The number of ether oxygens (including phenoxy) is 1. The Bertz CT molecular complexity index is 303. The zero-order chi connectivity index (χ0) is 10.7. The van der Waals surface area contributed by atoms with Crippen LogP contribution in [0.5, 0.6) is 0 Å². The van der Waals surface area contributed by atoms with E-state index in [1.54, 1.807) is 0 Å². The first-order valence-corrected chi connectivity index (χ1v) is 5.60. The van der Waals surface area contributed by atoms with Gasteiger partial charge in [0.15, 0.2) is 0 Å². The highest BCUT2D eigenvalue weighted by atomic mass is 16.5. The largest absolute Gasteiger partial charge is 0.381 e. The Hall–Kier alpha value is -0.870. The van der Waals surface area contributed by atoms with E-state index in [1.807, 2.05) is 19.4 Å². The van der Waals surface area contributed by atoms with Crippen molar-refractivity contribution < 1.29 is 4.74 Å². The fourth-order valence-corrected chi connectivity index (χ4v) is 2.07. The van der Waals surface area contributed by atoms with Gasteiger partial charge in [0.1, 0.15) is 0 Å². The number of nitrogens with zero attached hydrogens (tertiary/aromatic N) is 2. The molecule has 1 aliphatic rings. The van der Waals surface area contributed by atoms with Crippen LogP contribution in [-0.2, 0) is 11.3 Å². The molecular formula is C11H19N3O. The lowest BCUT2D eigenvalue weighted by molar-refractivity contribution is 0.0609. The molecule has 4 nitrogen and oxygen atoms in total. The molecule has 4 heteroatoms. The molecule has 1 aliphatic heterocycles. The third kappa shape index (κ3) is 2.58. The summed E-state index contributed by atoms with van der Waals surface area (Å²) in [6, 6.07) is 0.0624. The van der Waals surface area contributed by atoms with E-state index in [9.17, 15) is 0 Å². The van der Waals surface area contributed by atoms with Crippen LogP contribution in [0.1, 0.15) is 31.5 Å². The zero-order valence-electron chi connectivity index (χ0n) is 9.22. The van der Waals surface area contributed by atoms with E-state index in [4.69, 9.17) is 10.5 Å². The molecule has 15 heavy (non-hydrogen) atoms. The van der Waals surface area contributed by atoms with Gasteiger partial charge >= 0.3 is 0 Å². The molecule has 2 rings (SSSR count). The summed E-state index contributed by atoms with van der Waals surface area (Å²) >= 11 is 0. The number of aromatic nitrogens is 2. The van der Waals surface area contributed by atoms with Crippen molar-refractivity contribution in [1.82, 2.24) is 9.55 Å². The first-order valence-electron chi connectivity index (χ1n) is 5.60. The molecule has 0 bridgehead atoms. The van der Waals surface area contributed by atoms with E-state index in [1.165, 1.54) is 0 Å². The second kappa shape index (κ2) is 4.77. The van der Waals surface area contributed by atoms with E-state index >= 15 is 0 Å². The summed E-state index contributed by atoms with van der Waals surface area (Å²) in [5.74, 6) is 0.713. The Kier molecular flexibility index (Phi) is 3.38. The number of rotatable bonds is 3. The van der Waals surface area contributed by atoms with Crippen LogP contribution in [0.15, 0.2) is 12.5 Å². The van der Waals surface area contributed by atoms with Gasteiger partial charge in [-0.15, -0.1) is 0 Å². The molecule has 0 saturated carbocycles. The smallest absolute Gasteiger partial charge is 0.0948 e. The Morgan fingerprint density at radius 2 is 2.33 bits per heavy atom. The minimum absolute atomic E-state index is 0.0624. The average molecular weight is 209 g/mol. The highest BCUT2D eigenvalue weighted by Crippen LogP contribution is 2.19. The van der Waals surface area contributed by atoms with Crippen molar-refractivity contribution in [3.63, 3.8) is 0 Å². The molecule has 0 aliphatic carbocycles. The Morgan fingerprint density at radius 1 is 1.60 bits per heavy atom. The van der Waals surface area contributed by atoms with Crippen molar-refractivity contribution in [2.75, 3.05) is 13.2 Å². The molecule has 0 amide bonds. The van der Waals surface area contributed by atoms with Crippen molar-refractivity contribution in [2.45, 2.75) is 32.4 Å². The highest BCUT2D eigenvalue weighted by Gasteiger charge is 2.16. The van der Waals surface area contributed by atoms with E-state index < -0.39 is 0 Å². The van der Waals surface area contributed by atoms with Crippen LogP contribution in [-0.4, -0.2) is 22.8 Å². The fraction of sp³-hybridized carbons (Fsp3) is 0.727. The summed E-state index contributed by atoms with van der Waals surface area (Å²) in [6.07, 6.45) is 6.05. The maximum Gasteiger partial charge on any atom is 0.0948 e. The van der Waals surface area contributed by atoms with Gasteiger partial charge in [-0.05, 0) is 25.7 Å². The van der Waals surface area contributed by atoms with Gasteiger partial charge in [0.25, 0.3) is 0 Å². The van der Waals surface area contributed by atoms with Crippen LogP contribution >= 0.6 is 0 Å². The number of nitrogens with two attached hydrogens (primary N) is 1. The van der Waals surface area contributed by atoms with E-state index in [0.717, 1.165) is 38.3 Å². The molecule has 1 fully saturated rings. The minimum atomic E-state index is 0.0624. The summed E-state index contributed by atoms with van der Waals surface area (Å²) in [4.78, 5) is 4.16. The lowest BCUT2D eigenvalue weighted by atomic mass is 10.0. The molecule has 1 unspecified atom stereocenters. The average Bonchev–Trinajstić information content (AvgIpc) is 2.67. The summed E-state index contributed by atoms with van der Waals surface area (Å²) in [5, 5.41) is 0. The molecule has 0 aromatic carbocycles. The molecule has 1 saturated heterocycles. The minimum Gasteiger partial charge on any atom is -0.381 e. The monoisotopic (exact) mass is 209 g/mol. The summed E-state index contributed by atoms with van der Waals surface area (Å²) < 4.78 is 7.53. The van der Waals surface area contributed by atoms with Crippen LogP contribution in [0, 0.1) is 5.92 Å². The maximum absolute atomic E-state index is 5.88. The second-order valence-electron chi connectivity index (χ2n) is 4.32. The molecule has 1 aromatic rings. The van der Waals surface area contributed by atoms with Gasteiger partial charge in [-0.2, -0.15) is 0 Å². The fourth-order valence-electron chi connectivity index (χ4n) is 2.07. The molecule has 84 valence electrons. The first kappa shape index (κ1) is 10.6. The zero-order valence-corrected chi connectivity index (χ0v) is 9.22. The van der Waals surface area contributed by atoms with Gasteiger partial charge in [0, 0.05) is 32.0 Å². The van der Waals surface area contributed by atoms with Crippen LogP contribution < -0.4 is 5.73 Å². The first-order chi connectivity index (χ1) is 7.27. The molecule has 0 radical (unpaired) electrons. The standard InChI is InChI=1S/C11H19N3O/c1-9(12)11-6-13-8-14(11)7-10-2-4-15-5-3-10/h6,8-10H,2-5,7,12H2,1H3. The molecule has 1 atom stereocenters. The summed E-state index contributed by atoms with van der Waals surface area (Å²) in [7, 11) is 0.